The number of likely N-dealkylation sites (tertiary alicyclic amines) is 1. The molecular formula is C17H25N3O6S. The van der Waals surface area contributed by atoms with Crippen LogP contribution >= 0.6 is 0 Å². The second kappa shape index (κ2) is 8.51. The normalized spacial score (nSPS) is 20.0. The van der Waals surface area contributed by atoms with Gasteiger partial charge < -0.3 is 14.7 Å². The molecule has 1 N–H and O–H groups in total. The van der Waals surface area contributed by atoms with Crippen LogP contribution < -0.4 is 4.74 Å². The van der Waals surface area contributed by atoms with Gasteiger partial charge in [0.25, 0.3) is 0 Å². The van der Waals surface area contributed by atoms with Crippen LogP contribution in [0.15, 0.2) is 23.1 Å². The summed E-state index contributed by atoms with van der Waals surface area (Å²) in [6.45, 7) is 3.08. The lowest BCUT2D eigenvalue weighted by Gasteiger charge is -2.19. The Morgan fingerprint density at radius 1 is 1.15 bits per heavy atom. The maximum atomic E-state index is 12.6. The van der Waals surface area contributed by atoms with Gasteiger partial charge in [-0.05, 0) is 50.9 Å². The number of rotatable bonds is 8. The number of nitro groups is 1. The molecule has 0 bridgehead atoms. The summed E-state index contributed by atoms with van der Waals surface area (Å²) in [5.41, 5.74) is -0.413. The van der Waals surface area contributed by atoms with Crippen molar-refractivity contribution in [1.29, 1.82) is 0 Å². The van der Waals surface area contributed by atoms with Crippen molar-refractivity contribution in [2.75, 3.05) is 39.3 Å². The molecule has 2 saturated heterocycles. The number of hydrogen-bond donors (Lipinski definition) is 1. The van der Waals surface area contributed by atoms with Gasteiger partial charge in [0.15, 0.2) is 5.75 Å². The number of aliphatic hydroxyl groups excluding tert-OH is 1. The highest BCUT2D eigenvalue weighted by atomic mass is 32.2. The first-order valence-electron chi connectivity index (χ1n) is 9.20. The van der Waals surface area contributed by atoms with E-state index in [1.807, 2.05) is 0 Å². The Balaban J connectivity index is 1.71. The molecule has 0 radical (unpaired) electrons. The van der Waals surface area contributed by atoms with Gasteiger partial charge in [0.05, 0.1) is 9.82 Å². The third kappa shape index (κ3) is 4.75. The zero-order valence-electron chi connectivity index (χ0n) is 15.1. The zero-order chi connectivity index (χ0) is 19.4. The fourth-order valence-corrected chi connectivity index (χ4v) is 5.04. The highest BCUT2D eigenvalue weighted by Gasteiger charge is 2.30. The van der Waals surface area contributed by atoms with Gasteiger partial charge in [-0.15, -0.1) is 0 Å². The number of sulfonamides is 1. The van der Waals surface area contributed by atoms with Crippen LogP contribution in [0, 0.1) is 10.1 Å². The summed E-state index contributed by atoms with van der Waals surface area (Å²) >= 11 is 0. The number of ether oxygens (including phenoxy) is 1. The molecule has 1 atom stereocenters. The average molecular weight is 399 g/mol. The maximum Gasteiger partial charge on any atom is 0.312 e. The average Bonchev–Trinajstić information content (AvgIpc) is 3.33. The number of nitrogens with zero attached hydrogens (tertiary/aromatic N) is 3. The molecule has 1 unspecified atom stereocenters. The zero-order valence-corrected chi connectivity index (χ0v) is 15.9. The van der Waals surface area contributed by atoms with Gasteiger partial charge in [-0.1, -0.05) is 0 Å². The van der Waals surface area contributed by atoms with Crippen LogP contribution in [0.2, 0.25) is 0 Å². The van der Waals surface area contributed by atoms with Crippen molar-refractivity contribution in [2.45, 2.75) is 36.7 Å². The smallest absolute Gasteiger partial charge is 0.312 e. The monoisotopic (exact) mass is 399 g/mol. The van der Waals surface area contributed by atoms with E-state index in [-0.39, 0.29) is 17.3 Å². The molecule has 2 aliphatic rings. The van der Waals surface area contributed by atoms with Crippen LogP contribution in [0.1, 0.15) is 25.7 Å². The van der Waals surface area contributed by atoms with E-state index < -0.39 is 26.7 Å². The molecule has 2 heterocycles. The summed E-state index contributed by atoms with van der Waals surface area (Å²) in [4.78, 5) is 12.7. The van der Waals surface area contributed by atoms with Crippen LogP contribution in [-0.2, 0) is 10.0 Å². The molecule has 1 aromatic rings. The fourth-order valence-electron chi connectivity index (χ4n) is 3.50. The van der Waals surface area contributed by atoms with E-state index in [1.165, 1.54) is 16.4 Å². The fraction of sp³-hybridized carbons (Fsp3) is 0.647. The molecule has 1 aromatic carbocycles. The molecule has 27 heavy (non-hydrogen) atoms. The summed E-state index contributed by atoms with van der Waals surface area (Å²) in [6.07, 6.45) is 3.02. The summed E-state index contributed by atoms with van der Waals surface area (Å²) in [5, 5.41) is 21.5. The van der Waals surface area contributed by atoms with Crippen LogP contribution in [0.4, 0.5) is 5.69 Å². The molecule has 150 valence electrons. The van der Waals surface area contributed by atoms with Crippen molar-refractivity contribution < 1.29 is 23.2 Å². The maximum absolute atomic E-state index is 12.6. The van der Waals surface area contributed by atoms with E-state index in [0.29, 0.717) is 19.6 Å². The van der Waals surface area contributed by atoms with E-state index in [2.05, 4.69) is 4.90 Å². The van der Waals surface area contributed by atoms with Crippen LogP contribution in [0.3, 0.4) is 0 Å². The first-order valence-corrected chi connectivity index (χ1v) is 10.6. The SMILES string of the molecule is O=[N+]([O-])c1cc(S(=O)(=O)N2CCCC2)ccc1OCC(O)CN1CCCC1. The Morgan fingerprint density at radius 3 is 2.41 bits per heavy atom. The van der Waals surface area contributed by atoms with Gasteiger partial charge >= 0.3 is 5.69 Å². The van der Waals surface area contributed by atoms with Gasteiger partial charge in [-0.2, -0.15) is 4.31 Å². The first kappa shape index (κ1) is 20.0. The number of aliphatic hydroxyl groups is 1. The Bertz CT molecular complexity index is 773. The van der Waals surface area contributed by atoms with Gasteiger partial charge in [0.1, 0.15) is 12.7 Å². The van der Waals surface area contributed by atoms with E-state index in [0.717, 1.165) is 44.8 Å². The third-order valence-electron chi connectivity index (χ3n) is 4.93. The van der Waals surface area contributed by atoms with E-state index >= 15 is 0 Å². The lowest BCUT2D eigenvalue weighted by molar-refractivity contribution is -0.386. The van der Waals surface area contributed by atoms with Crippen molar-refractivity contribution in [3.63, 3.8) is 0 Å². The number of β-amino-alcohol motifs (C(OH)–C–C–N with tert-alkyl or cyclic N) is 1. The highest BCUT2D eigenvalue weighted by Crippen LogP contribution is 2.32. The molecule has 3 rings (SSSR count). The number of nitro benzene ring substituents is 1. The van der Waals surface area contributed by atoms with Gasteiger partial charge in [-0.25, -0.2) is 8.42 Å². The Labute approximate surface area is 158 Å². The molecule has 0 amide bonds. The highest BCUT2D eigenvalue weighted by molar-refractivity contribution is 7.89. The lowest BCUT2D eigenvalue weighted by atomic mass is 10.3. The van der Waals surface area contributed by atoms with Crippen molar-refractivity contribution in [1.82, 2.24) is 9.21 Å². The van der Waals surface area contributed by atoms with E-state index in [9.17, 15) is 23.6 Å². The Kier molecular flexibility index (Phi) is 6.30. The largest absolute Gasteiger partial charge is 0.484 e. The van der Waals surface area contributed by atoms with Crippen molar-refractivity contribution in [3.05, 3.63) is 28.3 Å². The van der Waals surface area contributed by atoms with Gasteiger partial charge in [0.2, 0.25) is 10.0 Å². The molecular weight excluding hydrogens is 374 g/mol. The van der Waals surface area contributed by atoms with Crippen LogP contribution in [0.25, 0.3) is 0 Å². The van der Waals surface area contributed by atoms with Crippen LogP contribution in [0.5, 0.6) is 5.75 Å². The summed E-state index contributed by atoms with van der Waals surface area (Å²) < 4.78 is 32.0. The van der Waals surface area contributed by atoms with Gasteiger partial charge in [0, 0.05) is 25.7 Å². The Hall–Kier alpha value is -1.75. The topological polar surface area (TPSA) is 113 Å². The molecule has 2 fully saturated rings. The number of benzene rings is 1. The molecule has 2 aliphatic heterocycles. The quantitative estimate of drug-likeness (QED) is 0.516. The molecule has 0 spiro atoms. The predicted octanol–water partition coefficient (Wildman–Crippen LogP) is 1.21. The van der Waals surface area contributed by atoms with E-state index in [4.69, 9.17) is 4.74 Å². The predicted molar refractivity (Wildman–Crippen MR) is 98.3 cm³/mol. The molecule has 10 heteroatoms. The first-order chi connectivity index (χ1) is 12.9. The Morgan fingerprint density at radius 2 is 1.78 bits per heavy atom. The van der Waals surface area contributed by atoms with Crippen LogP contribution in [-0.4, -0.2) is 73.1 Å². The van der Waals surface area contributed by atoms with Crippen molar-refractivity contribution in [3.8, 4) is 5.75 Å². The van der Waals surface area contributed by atoms with Crippen molar-refractivity contribution in [2.24, 2.45) is 0 Å². The molecule has 0 aromatic heterocycles. The molecule has 9 nitrogen and oxygen atoms in total. The third-order valence-corrected chi connectivity index (χ3v) is 6.82. The minimum atomic E-state index is -3.74. The second-order valence-corrected chi connectivity index (χ2v) is 8.91. The minimum absolute atomic E-state index is 0.0409. The second-order valence-electron chi connectivity index (χ2n) is 6.97. The molecule has 0 saturated carbocycles. The van der Waals surface area contributed by atoms with E-state index in [1.54, 1.807) is 0 Å². The number of hydrogen-bond acceptors (Lipinski definition) is 7. The summed E-state index contributed by atoms with van der Waals surface area (Å²) in [7, 11) is -3.74. The van der Waals surface area contributed by atoms with Crippen molar-refractivity contribution >= 4 is 15.7 Å². The minimum Gasteiger partial charge on any atom is -0.484 e. The van der Waals surface area contributed by atoms with Gasteiger partial charge in [-0.3, -0.25) is 10.1 Å². The standard InChI is InChI=1S/C17H25N3O6S/c21-14(12-18-7-1-2-8-18)13-26-17-6-5-15(11-16(17)20(22)23)27(24,25)19-9-3-4-10-19/h5-6,11,14,21H,1-4,7-10,12-13H2. The summed E-state index contributed by atoms with van der Waals surface area (Å²) in [5.74, 6) is -0.0409. The summed E-state index contributed by atoms with van der Waals surface area (Å²) in [6, 6.07) is 3.66. The lowest BCUT2D eigenvalue weighted by Crippen LogP contribution is -2.33. The molecule has 0 aliphatic carbocycles.